The third-order valence-corrected chi connectivity index (χ3v) is 2.30. The van der Waals surface area contributed by atoms with Crippen molar-refractivity contribution in [2.24, 2.45) is 10.8 Å². The van der Waals surface area contributed by atoms with E-state index in [0.717, 1.165) is 6.42 Å². The molecular weight excluding hydrogens is 256 g/mol. The quantitative estimate of drug-likeness (QED) is 0.356. The lowest BCUT2D eigenvalue weighted by Gasteiger charge is -2.05. The Morgan fingerprint density at radius 3 is 2.50 bits per heavy atom. The fourth-order valence-corrected chi connectivity index (χ4v) is 1.34. The molecule has 0 unspecified atom stereocenters. The molecule has 0 aromatic heterocycles. The van der Waals surface area contributed by atoms with Gasteiger partial charge in [-0.15, -0.1) is 0 Å². The zero-order valence-corrected chi connectivity index (χ0v) is 11.1. The predicted octanol–water partition coefficient (Wildman–Crippen LogP) is 1.65. The molecule has 1 amide bonds. The number of hydrazone groups is 1. The number of nitrogens with zero attached hydrogens (tertiary/aromatic N) is 2. The highest BCUT2D eigenvalue weighted by atomic mass is 16.1. The summed E-state index contributed by atoms with van der Waals surface area (Å²) in [6.07, 6.45) is 1.27. The van der Waals surface area contributed by atoms with Crippen LogP contribution < -0.4 is 16.5 Å². The van der Waals surface area contributed by atoms with Crippen molar-refractivity contribution < 1.29 is 4.79 Å². The number of rotatable bonds is 6. The minimum atomic E-state index is -0.400. The average molecular weight is 272 g/mol. The van der Waals surface area contributed by atoms with Crippen molar-refractivity contribution in [3.05, 3.63) is 24.3 Å². The summed E-state index contributed by atoms with van der Waals surface area (Å²) in [5.74, 6) is -0.432. The van der Waals surface area contributed by atoms with Crippen molar-refractivity contribution in [3.63, 3.8) is 0 Å². The maximum Gasteiger partial charge on any atom is 0.224 e. The Morgan fingerprint density at radius 2 is 2.00 bits per heavy atom. The molecule has 104 valence electrons. The number of carbonyl (C=O) groups excluding carboxylic acids is 1. The number of nitrogens with two attached hydrogens (primary N) is 1. The molecule has 0 saturated heterocycles. The molecule has 0 aliphatic carbocycles. The summed E-state index contributed by atoms with van der Waals surface area (Å²) in [7, 11) is 0. The summed E-state index contributed by atoms with van der Waals surface area (Å²) in [5.41, 5.74) is 8.89. The largest absolute Gasteiger partial charge is 0.382 e. The molecule has 0 aliphatic heterocycles. The van der Waals surface area contributed by atoms with E-state index in [1.165, 1.54) is 0 Å². The fraction of sp³-hybridized carbons (Fsp3) is 0.231. The van der Waals surface area contributed by atoms with Crippen molar-refractivity contribution in [3.8, 4) is 6.07 Å². The van der Waals surface area contributed by atoms with Gasteiger partial charge < -0.3 is 11.1 Å². The number of nitrogens with one attached hydrogen (secondary N) is 3. The van der Waals surface area contributed by atoms with Gasteiger partial charge in [0.2, 0.25) is 11.6 Å². The smallest absolute Gasteiger partial charge is 0.224 e. The molecular formula is C13H16N6O. The predicted molar refractivity (Wildman–Crippen MR) is 78.6 cm³/mol. The summed E-state index contributed by atoms with van der Waals surface area (Å²) in [6, 6.07) is 8.52. The van der Waals surface area contributed by atoms with Gasteiger partial charge in [0.1, 0.15) is 6.07 Å². The number of hydrogen-bond acceptors (Lipinski definition) is 5. The van der Waals surface area contributed by atoms with Gasteiger partial charge in [-0.25, -0.2) is 0 Å². The van der Waals surface area contributed by atoms with Crippen molar-refractivity contribution in [1.29, 1.82) is 10.7 Å². The average Bonchev–Trinajstić information content (AvgIpc) is 2.41. The van der Waals surface area contributed by atoms with Gasteiger partial charge in [0, 0.05) is 12.1 Å². The number of benzene rings is 1. The van der Waals surface area contributed by atoms with Gasteiger partial charge in [0.15, 0.2) is 5.84 Å². The van der Waals surface area contributed by atoms with Crippen molar-refractivity contribution in [1.82, 2.24) is 0 Å². The summed E-state index contributed by atoms with van der Waals surface area (Å²) in [5, 5.41) is 22.2. The first-order valence-corrected chi connectivity index (χ1v) is 6.05. The molecule has 1 aromatic carbocycles. The molecule has 20 heavy (non-hydrogen) atoms. The van der Waals surface area contributed by atoms with E-state index in [4.69, 9.17) is 16.4 Å². The van der Waals surface area contributed by atoms with Crippen LogP contribution in [0, 0.1) is 16.7 Å². The lowest BCUT2D eigenvalue weighted by molar-refractivity contribution is -0.116. The number of anilines is 2. The first-order chi connectivity index (χ1) is 9.56. The lowest BCUT2D eigenvalue weighted by atomic mass is 10.2. The maximum absolute atomic E-state index is 11.4. The first-order valence-electron chi connectivity index (χ1n) is 6.05. The second kappa shape index (κ2) is 7.53. The molecule has 0 radical (unpaired) electrons. The van der Waals surface area contributed by atoms with Gasteiger partial charge in [-0.3, -0.25) is 15.6 Å². The van der Waals surface area contributed by atoms with Gasteiger partial charge in [-0.1, -0.05) is 6.92 Å². The van der Waals surface area contributed by atoms with Gasteiger partial charge >= 0.3 is 0 Å². The highest BCUT2D eigenvalue weighted by molar-refractivity contribution is 6.45. The third kappa shape index (κ3) is 4.78. The zero-order chi connectivity index (χ0) is 15.0. The van der Waals surface area contributed by atoms with Gasteiger partial charge in [-0.05, 0) is 30.7 Å². The van der Waals surface area contributed by atoms with Crippen LogP contribution in [-0.2, 0) is 4.79 Å². The molecule has 0 saturated carbocycles. The summed E-state index contributed by atoms with van der Waals surface area (Å²) >= 11 is 0. The Balaban J connectivity index is 2.66. The SMILES string of the molecule is CCCC(=O)Nc1ccc(N/N=C(\C#N)C(=N)N)cc1. The van der Waals surface area contributed by atoms with E-state index in [-0.39, 0.29) is 11.6 Å². The Morgan fingerprint density at radius 1 is 1.40 bits per heavy atom. The summed E-state index contributed by atoms with van der Waals surface area (Å²) < 4.78 is 0. The van der Waals surface area contributed by atoms with Gasteiger partial charge in [0.25, 0.3) is 0 Å². The Labute approximate surface area is 117 Å². The molecule has 0 bridgehead atoms. The molecule has 0 aliphatic rings. The first kappa shape index (κ1) is 15.2. The summed E-state index contributed by atoms with van der Waals surface area (Å²) in [6.45, 7) is 1.94. The molecule has 7 heteroatoms. The highest BCUT2D eigenvalue weighted by Crippen LogP contribution is 2.13. The van der Waals surface area contributed by atoms with Crippen LogP contribution in [0.4, 0.5) is 11.4 Å². The number of amides is 1. The Bertz CT molecular complexity index is 555. The van der Waals surface area contributed by atoms with E-state index in [2.05, 4.69) is 15.8 Å². The topological polar surface area (TPSA) is 127 Å². The molecule has 0 spiro atoms. The van der Waals surface area contributed by atoms with Crippen LogP contribution in [0.5, 0.6) is 0 Å². The zero-order valence-electron chi connectivity index (χ0n) is 11.1. The van der Waals surface area contributed by atoms with Crippen molar-refractivity contribution in [2.45, 2.75) is 19.8 Å². The standard InChI is InChI=1S/C13H16N6O/c1-2-3-12(20)17-9-4-6-10(7-5-9)18-19-11(8-14)13(15)16/h4-7,18H,2-3H2,1H3,(H3,15,16)(H,17,20)/b19-11+. The normalized spacial score (nSPS) is 10.5. The van der Waals surface area contributed by atoms with E-state index >= 15 is 0 Å². The van der Waals surface area contributed by atoms with Crippen LogP contribution in [0.15, 0.2) is 29.4 Å². The maximum atomic E-state index is 11.4. The van der Waals surface area contributed by atoms with Crippen molar-refractivity contribution >= 4 is 28.8 Å². The summed E-state index contributed by atoms with van der Waals surface area (Å²) in [4.78, 5) is 11.4. The molecule has 0 atom stereocenters. The van der Waals surface area contributed by atoms with E-state index < -0.39 is 5.84 Å². The highest BCUT2D eigenvalue weighted by Gasteiger charge is 2.02. The van der Waals surface area contributed by atoms with Gasteiger partial charge in [-0.2, -0.15) is 10.4 Å². The second-order valence-corrected chi connectivity index (χ2v) is 3.97. The molecule has 7 nitrogen and oxygen atoms in total. The van der Waals surface area contributed by atoms with E-state index in [0.29, 0.717) is 17.8 Å². The molecule has 0 heterocycles. The van der Waals surface area contributed by atoms with Crippen LogP contribution in [0.2, 0.25) is 0 Å². The van der Waals surface area contributed by atoms with E-state index in [1.807, 2.05) is 6.92 Å². The minimum Gasteiger partial charge on any atom is -0.382 e. The van der Waals surface area contributed by atoms with E-state index in [9.17, 15) is 4.79 Å². The van der Waals surface area contributed by atoms with Gasteiger partial charge in [0.05, 0.1) is 5.69 Å². The number of amidine groups is 1. The van der Waals surface area contributed by atoms with E-state index in [1.54, 1.807) is 30.3 Å². The number of hydrogen-bond donors (Lipinski definition) is 4. The monoisotopic (exact) mass is 272 g/mol. The molecule has 0 fully saturated rings. The molecule has 1 aromatic rings. The van der Waals surface area contributed by atoms with Crippen LogP contribution in [0.3, 0.4) is 0 Å². The fourth-order valence-electron chi connectivity index (χ4n) is 1.34. The number of carbonyl (C=O) groups is 1. The Kier molecular flexibility index (Phi) is 5.72. The van der Waals surface area contributed by atoms with Crippen LogP contribution in [0.25, 0.3) is 0 Å². The molecule has 1 rings (SSSR count). The molecule has 5 N–H and O–H groups in total. The van der Waals surface area contributed by atoms with Crippen molar-refractivity contribution in [2.75, 3.05) is 10.7 Å². The second-order valence-electron chi connectivity index (χ2n) is 3.97. The third-order valence-electron chi connectivity index (χ3n) is 2.30. The van der Waals surface area contributed by atoms with Crippen LogP contribution in [0.1, 0.15) is 19.8 Å². The minimum absolute atomic E-state index is 0.0328. The Hall–Kier alpha value is -2.88. The lowest BCUT2D eigenvalue weighted by Crippen LogP contribution is -2.21. The number of nitriles is 1. The van der Waals surface area contributed by atoms with Crippen LogP contribution in [-0.4, -0.2) is 17.5 Å². The van der Waals surface area contributed by atoms with Crippen LogP contribution >= 0.6 is 0 Å².